The van der Waals surface area contributed by atoms with E-state index in [0.717, 1.165) is 0 Å². The van der Waals surface area contributed by atoms with E-state index < -0.39 is 0 Å². The fraction of sp³-hybridized carbons (Fsp3) is 0.0714. The highest BCUT2D eigenvalue weighted by molar-refractivity contribution is 6.04. The minimum atomic E-state index is 1.23. The Balaban J connectivity index is 2.08. The van der Waals surface area contributed by atoms with Crippen molar-refractivity contribution in [2.45, 2.75) is 13.8 Å². The molecule has 0 unspecified atom stereocenters. The van der Waals surface area contributed by atoms with Crippen molar-refractivity contribution in [1.29, 1.82) is 0 Å². The van der Waals surface area contributed by atoms with Crippen molar-refractivity contribution in [2.24, 2.45) is 0 Å². The van der Waals surface area contributed by atoms with Crippen molar-refractivity contribution in [2.75, 3.05) is 0 Å². The molecule has 4 aromatic carbocycles. The fourth-order valence-electron chi connectivity index (χ4n) is 3.56. The Bertz CT molecular complexity index is 977. The zero-order valence-electron chi connectivity index (χ0n) is 16.4. The van der Waals surface area contributed by atoms with Crippen LogP contribution in [0.5, 0.6) is 0 Å². The van der Waals surface area contributed by atoms with E-state index in [4.69, 9.17) is 0 Å². The van der Waals surface area contributed by atoms with E-state index in [-0.39, 0.29) is 0 Å². The van der Waals surface area contributed by atoms with E-state index in [9.17, 15) is 0 Å². The average molecular weight is 361 g/mol. The maximum atomic E-state index is 2.23. The summed E-state index contributed by atoms with van der Waals surface area (Å²) in [5, 5.41) is 0. The molecule has 0 atom stereocenters. The lowest BCUT2D eigenvalue weighted by Gasteiger charge is -2.18. The first-order chi connectivity index (χ1) is 13.7. The third-order valence-corrected chi connectivity index (χ3v) is 5.06. The first-order valence-corrected chi connectivity index (χ1v) is 9.71. The SMILES string of the molecule is Cc1ccc(/C(=C(\c2ccccc2)c2ccc(C)cc2)c2ccccc2)cc1. The van der Waals surface area contributed by atoms with E-state index in [1.807, 2.05) is 0 Å². The van der Waals surface area contributed by atoms with Crippen LogP contribution in [0, 0.1) is 13.8 Å². The lowest BCUT2D eigenvalue weighted by Crippen LogP contribution is -1.97. The summed E-state index contributed by atoms with van der Waals surface area (Å²) in [5.74, 6) is 0. The van der Waals surface area contributed by atoms with Crippen LogP contribution < -0.4 is 0 Å². The van der Waals surface area contributed by atoms with Gasteiger partial charge in [-0.3, -0.25) is 0 Å². The highest BCUT2D eigenvalue weighted by Gasteiger charge is 2.15. The van der Waals surface area contributed by atoms with Gasteiger partial charge in [0, 0.05) is 0 Å². The van der Waals surface area contributed by atoms with E-state index in [0.29, 0.717) is 0 Å². The molecule has 0 aliphatic carbocycles. The van der Waals surface area contributed by atoms with E-state index in [1.165, 1.54) is 44.5 Å². The summed E-state index contributed by atoms with van der Waals surface area (Å²) in [5.41, 5.74) is 9.98. The molecule has 0 aliphatic heterocycles. The third kappa shape index (κ3) is 3.82. The molecular weight excluding hydrogens is 336 g/mol. The van der Waals surface area contributed by atoms with Crippen molar-refractivity contribution in [3.63, 3.8) is 0 Å². The molecule has 0 nitrogen and oxygen atoms in total. The van der Waals surface area contributed by atoms with Gasteiger partial charge >= 0.3 is 0 Å². The zero-order valence-corrected chi connectivity index (χ0v) is 16.4. The normalized spacial score (nSPS) is 11.8. The molecule has 0 fully saturated rings. The van der Waals surface area contributed by atoms with Crippen LogP contribution >= 0.6 is 0 Å². The Kier molecular flexibility index (Phi) is 5.21. The Morgan fingerprint density at radius 3 is 0.964 bits per heavy atom. The lowest BCUT2D eigenvalue weighted by atomic mass is 9.85. The number of hydrogen-bond acceptors (Lipinski definition) is 0. The van der Waals surface area contributed by atoms with Crippen LogP contribution in [-0.4, -0.2) is 0 Å². The first kappa shape index (κ1) is 18.0. The van der Waals surface area contributed by atoms with Crippen LogP contribution in [0.3, 0.4) is 0 Å². The molecule has 28 heavy (non-hydrogen) atoms. The largest absolute Gasteiger partial charge is 0.0622 e. The molecular formula is C28H24. The first-order valence-electron chi connectivity index (χ1n) is 9.71. The summed E-state index contributed by atoms with van der Waals surface area (Å²) in [4.78, 5) is 0. The molecule has 0 saturated carbocycles. The van der Waals surface area contributed by atoms with Gasteiger partial charge in [-0.15, -0.1) is 0 Å². The minimum absolute atomic E-state index is 1.23. The lowest BCUT2D eigenvalue weighted by molar-refractivity contribution is 1.43. The van der Waals surface area contributed by atoms with Gasteiger partial charge in [0.1, 0.15) is 0 Å². The van der Waals surface area contributed by atoms with Gasteiger partial charge in [0.25, 0.3) is 0 Å². The Morgan fingerprint density at radius 1 is 0.357 bits per heavy atom. The van der Waals surface area contributed by atoms with Crippen molar-refractivity contribution in [1.82, 2.24) is 0 Å². The number of rotatable bonds is 4. The highest BCUT2D eigenvalue weighted by atomic mass is 14.2. The Morgan fingerprint density at radius 2 is 0.643 bits per heavy atom. The van der Waals surface area contributed by atoms with Crippen LogP contribution in [0.4, 0.5) is 0 Å². The molecule has 0 saturated heterocycles. The maximum Gasteiger partial charge on any atom is -0.00268 e. The second-order valence-electron chi connectivity index (χ2n) is 7.21. The highest BCUT2D eigenvalue weighted by Crippen LogP contribution is 2.36. The molecule has 0 heterocycles. The second kappa shape index (κ2) is 8.10. The van der Waals surface area contributed by atoms with E-state index in [2.05, 4.69) is 123 Å². The van der Waals surface area contributed by atoms with Crippen LogP contribution in [0.1, 0.15) is 33.4 Å². The number of hydrogen-bond donors (Lipinski definition) is 0. The molecule has 4 aromatic rings. The fourth-order valence-corrected chi connectivity index (χ4v) is 3.56. The van der Waals surface area contributed by atoms with Gasteiger partial charge in [-0.1, -0.05) is 120 Å². The summed E-state index contributed by atoms with van der Waals surface area (Å²) in [6, 6.07) is 39.1. The molecule has 0 aliphatic rings. The van der Waals surface area contributed by atoms with Gasteiger partial charge in [0.2, 0.25) is 0 Å². The van der Waals surface area contributed by atoms with E-state index >= 15 is 0 Å². The molecule has 0 heteroatoms. The summed E-state index contributed by atoms with van der Waals surface area (Å²) in [6.07, 6.45) is 0. The second-order valence-corrected chi connectivity index (χ2v) is 7.21. The molecule has 136 valence electrons. The van der Waals surface area contributed by atoms with Crippen molar-refractivity contribution >= 4 is 11.1 Å². The van der Waals surface area contributed by atoms with Gasteiger partial charge in [0.05, 0.1) is 0 Å². The molecule has 4 rings (SSSR count). The Hall–Kier alpha value is -3.38. The smallest absolute Gasteiger partial charge is 0.00268 e. The molecule has 0 N–H and O–H groups in total. The van der Waals surface area contributed by atoms with Crippen LogP contribution in [0.15, 0.2) is 109 Å². The summed E-state index contributed by atoms with van der Waals surface area (Å²) >= 11 is 0. The third-order valence-electron chi connectivity index (χ3n) is 5.06. The predicted octanol–water partition coefficient (Wildman–Crippen LogP) is 7.31. The minimum Gasteiger partial charge on any atom is -0.0622 e. The van der Waals surface area contributed by atoms with Crippen molar-refractivity contribution < 1.29 is 0 Å². The molecule has 0 bridgehead atoms. The van der Waals surface area contributed by atoms with Gasteiger partial charge in [-0.25, -0.2) is 0 Å². The zero-order chi connectivity index (χ0) is 19.3. The average Bonchev–Trinajstić information content (AvgIpc) is 2.75. The molecule has 0 amide bonds. The van der Waals surface area contributed by atoms with Crippen LogP contribution in [-0.2, 0) is 0 Å². The summed E-state index contributed by atoms with van der Waals surface area (Å²) < 4.78 is 0. The van der Waals surface area contributed by atoms with E-state index in [1.54, 1.807) is 0 Å². The van der Waals surface area contributed by atoms with Gasteiger partial charge in [0.15, 0.2) is 0 Å². The molecule has 0 aromatic heterocycles. The van der Waals surface area contributed by atoms with Crippen molar-refractivity contribution in [3.8, 4) is 0 Å². The monoisotopic (exact) mass is 360 g/mol. The van der Waals surface area contributed by atoms with Gasteiger partial charge in [-0.2, -0.15) is 0 Å². The molecule has 0 spiro atoms. The quantitative estimate of drug-likeness (QED) is 0.335. The van der Waals surface area contributed by atoms with Crippen LogP contribution in [0.25, 0.3) is 11.1 Å². The standard InChI is InChI=1S/C28H24/c1-21-13-17-25(18-14-21)27(23-9-5-3-6-10-23)28(24-11-7-4-8-12-24)26-19-15-22(2)16-20-26/h3-20H,1-2H3/b28-27+. The van der Waals surface area contributed by atoms with Crippen molar-refractivity contribution in [3.05, 3.63) is 143 Å². The van der Waals surface area contributed by atoms with Crippen LogP contribution in [0.2, 0.25) is 0 Å². The summed E-state index contributed by atoms with van der Waals surface area (Å²) in [7, 11) is 0. The van der Waals surface area contributed by atoms with Gasteiger partial charge < -0.3 is 0 Å². The van der Waals surface area contributed by atoms with Gasteiger partial charge in [-0.05, 0) is 47.2 Å². The Labute approximate surface area is 167 Å². The maximum absolute atomic E-state index is 2.23. The topological polar surface area (TPSA) is 0 Å². The molecule has 0 radical (unpaired) electrons. The number of aryl methyl sites for hydroxylation is 2. The predicted molar refractivity (Wildman–Crippen MR) is 120 cm³/mol. The summed E-state index contributed by atoms with van der Waals surface area (Å²) in [6.45, 7) is 4.27. The number of benzene rings is 4.